The van der Waals surface area contributed by atoms with Crippen molar-refractivity contribution in [3.8, 4) is 5.75 Å². The quantitative estimate of drug-likeness (QED) is 0.768. The van der Waals surface area contributed by atoms with Gasteiger partial charge in [0.05, 0.1) is 18.7 Å². The van der Waals surface area contributed by atoms with Crippen molar-refractivity contribution in [2.24, 2.45) is 0 Å². The second kappa shape index (κ2) is 7.08. The van der Waals surface area contributed by atoms with Crippen LogP contribution in [-0.2, 0) is 9.59 Å². The summed E-state index contributed by atoms with van der Waals surface area (Å²) in [5.41, 5.74) is 0.0269. The average molecular weight is 326 g/mol. The van der Waals surface area contributed by atoms with E-state index in [9.17, 15) is 23.5 Å². The predicted octanol–water partition coefficient (Wildman–Crippen LogP) is 1.13. The normalized spacial score (nSPS) is 14.4. The zero-order valence-electron chi connectivity index (χ0n) is 12.4. The number of carbonyl (C=O) groups is 2. The van der Waals surface area contributed by atoms with Crippen LogP contribution in [0.1, 0.15) is 6.42 Å². The molecule has 0 fully saturated rings. The fraction of sp³-hybridized carbons (Fsp3) is 0.333. The van der Waals surface area contributed by atoms with Crippen LogP contribution in [0.3, 0.4) is 0 Å². The lowest BCUT2D eigenvalue weighted by atomic mass is 10.2. The van der Waals surface area contributed by atoms with E-state index in [0.717, 1.165) is 12.1 Å². The summed E-state index contributed by atoms with van der Waals surface area (Å²) in [7, 11) is 1.48. The van der Waals surface area contributed by atoms with Crippen LogP contribution < -0.4 is 10.1 Å². The molecule has 0 saturated carbocycles. The van der Waals surface area contributed by atoms with Crippen LogP contribution in [-0.4, -0.2) is 48.6 Å². The van der Waals surface area contributed by atoms with Crippen molar-refractivity contribution < 1.29 is 28.2 Å². The molecule has 2 N–H and O–H groups in total. The summed E-state index contributed by atoms with van der Waals surface area (Å²) in [4.78, 5) is 24.4. The van der Waals surface area contributed by atoms with E-state index in [2.05, 4.69) is 5.32 Å². The van der Waals surface area contributed by atoms with Crippen molar-refractivity contribution in [2.75, 3.05) is 26.7 Å². The summed E-state index contributed by atoms with van der Waals surface area (Å²) in [6, 6.07) is 3.21. The largest absolute Gasteiger partial charge is 0.503 e. The second-order valence-electron chi connectivity index (χ2n) is 5.02. The summed E-state index contributed by atoms with van der Waals surface area (Å²) in [5.74, 6) is -3.39. The Hall–Kier alpha value is -2.64. The summed E-state index contributed by atoms with van der Waals surface area (Å²) < 4.78 is 30.9. The number of amides is 2. The Bertz CT molecular complexity index is 661. The van der Waals surface area contributed by atoms with E-state index in [1.165, 1.54) is 18.0 Å². The molecule has 0 radical (unpaired) electrons. The Morgan fingerprint density at radius 1 is 1.39 bits per heavy atom. The van der Waals surface area contributed by atoms with Crippen molar-refractivity contribution in [3.05, 3.63) is 41.2 Å². The van der Waals surface area contributed by atoms with Gasteiger partial charge in [0.1, 0.15) is 5.75 Å². The summed E-state index contributed by atoms with van der Waals surface area (Å²) in [6.45, 7) is 0.494. The van der Waals surface area contributed by atoms with Gasteiger partial charge in [-0.1, -0.05) is 0 Å². The first-order valence-electron chi connectivity index (χ1n) is 6.93. The summed E-state index contributed by atoms with van der Waals surface area (Å²) in [5, 5.41) is 12.1. The minimum absolute atomic E-state index is 0.0269. The molecule has 0 aliphatic carbocycles. The number of halogens is 2. The average Bonchev–Trinajstić information content (AvgIpc) is 2.78. The van der Waals surface area contributed by atoms with E-state index < -0.39 is 29.2 Å². The molecule has 0 atom stereocenters. The van der Waals surface area contributed by atoms with Crippen LogP contribution >= 0.6 is 0 Å². The van der Waals surface area contributed by atoms with Crippen LogP contribution in [0, 0.1) is 11.6 Å². The maximum Gasteiger partial charge on any atom is 0.289 e. The van der Waals surface area contributed by atoms with Crippen molar-refractivity contribution in [1.82, 2.24) is 10.2 Å². The SMILES string of the molecule is CN1CC(C(=O)NCCCOc2ccc(F)c(F)c2)=C(O)C1=O. The Kier molecular flexibility index (Phi) is 5.15. The molecular formula is C15H16F2N2O4. The number of likely N-dealkylation sites (N-methyl/N-ethyl adjacent to an activating group) is 1. The summed E-state index contributed by atoms with van der Waals surface area (Å²) >= 11 is 0. The summed E-state index contributed by atoms with van der Waals surface area (Å²) in [6.07, 6.45) is 0.419. The molecule has 8 heteroatoms. The standard InChI is InChI=1S/C15H16F2N2O4/c1-19-8-10(13(20)15(19)22)14(21)18-5-2-6-23-9-3-4-11(16)12(17)7-9/h3-4,7,20H,2,5-6,8H2,1H3,(H,18,21). The van der Waals surface area contributed by atoms with Crippen LogP contribution in [0.4, 0.5) is 8.78 Å². The highest BCUT2D eigenvalue weighted by molar-refractivity contribution is 6.06. The number of nitrogens with one attached hydrogen (secondary N) is 1. The Labute approximate surface area is 131 Å². The lowest BCUT2D eigenvalue weighted by Crippen LogP contribution is -2.29. The smallest absolute Gasteiger partial charge is 0.289 e. The second-order valence-corrected chi connectivity index (χ2v) is 5.02. The maximum atomic E-state index is 13.0. The van der Waals surface area contributed by atoms with Gasteiger partial charge in [-0.2, -0.15) is 0 Å². The lowest BCUT2D eigenvalue weighted by molar-refractivity contribution is -0.126. The Morgan fingerprint density at radius 3 is 2.74 bits per heavy atom. The molecule has 1 heterocycles. The molecule has 124 valence electrons. The first kappa shape index (κ1) is 16.7. The van der Waals surface area contributed by atoms with Gasteiger partial charge < -0.3 is 20.1 Å². The number of nitrogens with zero attached hydrogens (tertiary/aromatic N) is 1. The highest BCUT2D eigenvalue weighted by Gasteiger charge is 2.31. The van der Waals surface area contributed by atoms with Gasteiger partial charge in [-0.25, -0.2) is 8.78 Å². The van der Waals surface area contributed by atoms with E-state index in [0.29, 0.717) is 6.42 Å². The molecule has 1 aliphatic rings. The van der Waals surface area contributed by atoms with Gasteiger partial charge in [0, 0.05) is 19.7 Å². The number of hydrogen-bond donors (Lipinski definition) is 2. The van der Waals surface area contributed by atoms with Crippen molar-refractivity contribution >= 4 is 11.8 Å². The molecular weight excluding hydrogens is 310 g/mol. The van der Waals surface area contributed by atoms with Crippen LogP contribution in [0.5, 0.6) is 5.75 Å². The van der Waals surface area contributed by atoms with Crippen LogP contribution in [0.2, 0.25) is 0 Å². The predicted molar refractivity (Wildman–Crippen MR) is 76.8 cm³/mol. The Balaban J connectivity index is 1.72. The fourth-order valence-electron chi connectivity index (χ4n) is 2.01. The third kappa shape index (κ3) is 3.97. The van der Waals surface area contributed by atoms with E-state index in [-0.39, 0.29) is 31.0 Å². The van der Waals surface area contributed by atoms with Crippen molar-refractivity contribution in [3.63, 3.8) is 0 Å². The number of hydrogen-bond acceptors (Lipinski definition) is 4. The molecule has 0 spiro atoms. The minimum Gasteiger partial charge on any atom is -0.503 e. The zero-order chi connectivity index (χ0) is 17.0. The van der Waals surface area contributed by atoms with Crippen molar-refractivity contribution in [1.29, 1.82) is 0 Å². The highest BCUT2D eigenvalue weighted by atomic mass is 19.2. The number of benzene rings is 1. The molecule has 1 aromatic rings. The first-order valence-corrected chi connectivity index (χ1v) is 6.93. The van der Waals surface area contributed by atoms with Gasteiger partial charge in [0.2, 0.25) is 0 Å². The van der Waals surface area contributed by atoms with Crippen molar-refractivity contribution in [2.45, 2.75) is 6.42 Å². The number of rotatable bonds is 6. The number of carbonyl (C=O) groups excluding carboxylic acids is 2. The van der Waals surface area contributed by atoms with Gasteiger partial charge >= 0.3 is 0 Å². The molecule has 6 nitrogen and oxygen atoms in total. The molecule has 0 bridgehead atoms. The van der Waals surface area contributed by atoms with E-state index in [1.807, 2.05) is 0 Å². The monoisotopic (exact) mass is 326 g/mol. The zero-order valence-corrected chi connectivity index (χ0v) is 12.4. The Morgan fingerprint density at radius 2 is 2.13 bits per heavy atom. The molecule has 1 aromatic carbocycles. The topological polar surface area (TPSA) is 78.9 Å². The van der Waals surface area contributed by atoms with Gasteiger partial charge in [0.15, 0.2) is 17.4 Å². The van der Waals surface area contributed by atoms with E-state index >= 15 is 0 Å². The third-order valence-electron chi connectivity index (χ3n) is 3.27. The fourth-order valence-corrected chi connectivity index (χ4v) is 2.01. The molecule has 2 amide bonds. The van der Waals surface area contributed by atoms with Crippen LogP contribution in [0.15, 0.2) is 29.5 Å². The molecule has 23 heavy (non-hydrogen) atoms. The van der Waals surface area contributed by atoms with E-state index in [4.69, 9.17) is 4.74 Å². The molecule has 2 rings (SSSR count). The van der Waals surface area contributed by atoms with Gasteiger partial charge in [-0.05, 0) is 18.6 Å². The van der Waals surface area contributed by atoms with Gasteiger partial charge in [0.25, 0.3) is 11.8 Å². The maximum absolute atomic E-state index is 13.0. The lowest BCUT2D eigenvalue weighted by Gasteiger charge is -2.09. The molecule has 0 aromatic heterocycles. The highest BCUT2D eigenvalue weighted by Crippen LogP contribution is 2.16. The number of aliphatic hydroxyl groups is 1. The number of ether oxygens (including phenoxy) is 1. The third-order valence-corrected chi connectivity index (χ3v) is 3.27. The number of aliphatic hydroxyl groups excluding tert-OH is 1. The van der Waals surface area contributed by atoms with E-state index in [1.54, 1.807) is 0 Å². The molecule has 0 saturated heterocycles. The first-order chi connectivity index (χ1) is 10.9. The van der Waals surface area contributed by atoms with Gasteiger partial charge in [-0.3, -0.25) is 9.59 Å². The van der Waals surface area contributed by atoms with Crippen LogP contribution in [0.25, 0.3) is 0 Å². The minimum atomic E-state index is -0.992. The van der Waals surface area contributed by atoms with Gasteiger partial charge in [-0.15, -0.1) is 0 Å². The molecule has 1 aliphatic heterocycles. The molecule has 0 unspecified atom stereocenters.